The molecular formula is C24H42IN5O2. The number of methoxy groups -OCH3 is 1. The van der Waals surface area contributed by atoms with Gasteiger partial charge in [-0.15, -0.1) is 24.0 Å². The second-order valence-corrected chi connectivity index (χ2v) is 8.44. The maximum atomic E-state index is 5.58. The molecule has 182 valence electrons. The minimum atomic E-state index is 0. The van der Waals surface area contributed by atoms with Gasteiger partial charge in [0.25, 0.3) is 0 Å². The molecule has 0 bridgehead atoms. The van der Waals surface area contributed by atoms with Crippen LogP contribution < -0.4 is 15.4 Å². The third-order valence-electron chi connectivity index (χ3n) is 6.36. The zero-order chi connectivity index (χ0) is 21.9. The average Bonchev–Trinajstić information content (AvgIpc) is 2.83. The van der Waals surface area contributed by atoms with E-state index < -0.39 is 0 Å². The predicted molar refractivity (Wildman–Crippen MR) is 142 cm³/mol. The molecule has 3 rings (SSSR count). The van der Waals surface area contributed by atoms with E-state index in [4.69, 9.17) is 14.5 Å². The van der Waals surface area contributed by atoms with Gasteiger partial charge in [-0.2, -0.15) is 0 Å². The monoisotopic (exact) mass is 559 g/mol. The summed E-state index contributed by atoms with van der Waals surface area (Å²) in [4.78, 5) is 10.0. The molecule has 0 saturated carbocycles. The van der Waals surface area contributed by atoms with Crippen LogP contribution in [0.4, 0.5) is 0 Å². The second kappa shape index (κ2) is 14.9. The van der Waals surface area contributed by atoms with Crippen molar-refractivity contribution in [2.75, 3.05) is 72.7 Å². The summed E-state index contributed by atoms with van der Waals surface area (Å²) >= 11 is 0. The van der Waals surface area contributed by atoms with Crippen molar-refractivity contribution >= 4 is 29.9 Å². The van der Waals surface area contributed by atoms with Gasteiger partial charge < -0.3 is 25.0 Å². The van der Waals surface area contributed by atoms with Crippen molar-refractivity contribution in [1.82, 2.24) is 20.4 Å². The Hall–Kier alpha value is -1.10. The molecule has 32 heavy (non-hydrogen) atoms. The highest BCUT2D eigenvalue weighted by Crippen LogP contribution is 2.24. The fraction of sp³-hybridized carbons (Fsp3) is 0.708. The molecule has 7 nitrogen and oxygen atoms in total. The van der Waals surface area contributed by atoms with E-state index in [1.165, 1.54) is 31.5 Å². The van der Waals surface area contributed by atoms with Gasteiger partial charge >= 0.3 is 0 Å². The van der Waals surface area contributed by atoms with Gasteiger partial charge in [0.15, 0.2) is 5.96 Å². The number of hydrogen-bond donors (Lipinski definition) is 2. The van der Waals surface area contributed by atoms with Gasteiger partial charge in [0.05, 0.1) is 32.9 Å². The first kappa shape index (κ1) is 27.1. The molecule has 8 heteroatoms. The van der Waals surface area contributed by atoms with E-state index in [0.29, 0.717) is 12.5 Å². The Morgan fingerprint density at radius 2 is 1.91 bits per heavy atom. The van der Waals surface area contributed by atoms with Crippen molar-refractivity contribution in [2.45, 2.75) is 32.7 Å². The molecule has 2 unspecified atom stereocenters. The van der Waals surface area contributed by atoms with Crippen molar-refractivity contribution in [1.29, 1.82) is 0 Å². The number of nitrogens with zero attached hydrogens (tertiary/aromatic N) is 3. The third kappa shape index (κ3) is 8.35. The maximum absolute atomic E-state index is 5.58. The maximum Gasteiger partial charge on any atom is 0.191 e. The topological polar surface area (TPSA) is 61.4 Å². The predicted octanol–water partition coefficient (Wildman–Crippen LogP) is 2.97. The molecule has 0 aliphatic carbocycles. The van der Waals surface area contributed by atoms with Crippen LogP contribution in [0.5, 0.6) is 5.75 Å². The fourth-order valence-electron chi connectivity index (χ4n) is 4.51. The number of hydrogen-bond acceptors (Lipinski definition) is 5. The number of aliphatic imine (C=N–C) groups is 1. The molecule has 2 aliphatic rings. The summed E-state index contributed by atoms with van der Waals surface area (Å²) in [6, 6.07) is 8.64. The van der Waals surface area contributed by atoms with Crippen LogP contribution in [0.3, 0.4) is 0 Å². The Balaban J connectivity index is 0.00000363. The van der Waals surface area contributed by atoms with Crippen molar-refractivity contribution in [2.24, 2.45) is 10.9 Å². The first-order valence-corrected chi connectivity index (χ1v) is 11.9. The SMILES string of the molecule is CCNC(=NCC(c1ccc(OC)cc1)N1CCOCC1)NCC1CCCN(CC)C1.I. The lowest BCUT2D eigenvalue weighted by molar-refractivity contribution is 0.0179. The molecule has 2 aliphatic heterocycles. The Morgan fingerprint density at radius 3 is 2.56 bits per heavy atom. The molecular weight excluding hydrogens is 517 g/mol. The van der Waals surface area contributed by atoms with Gasteiger partial charge in [0.1, 0.15) is 5.75 Å². The van der Waals surface area contributed by atoms with Gasteiger partial charge in [0.2, 0.25) is 0 Å². The number of nitrogens with one attached hydrogen (secondary N) is 2. The number of piperidine rings is 1. The minimum Gasteiger partial charge on any atom is -0.497 e. The zero-order valence-electron chi connectivity index (χ0n) is 20.0. The Morgan fingerprint density at radius 1 is 1.16 bits per heavy atom. The van der Waals surface area contributed by atoms with Crippen LogP contribution in [0.2, 0.25) is 0 Å². The van der Waals surface area contributed by atoms with Crippen molar-refractivity contribution in [3.05, 3.63) is 29.8 Å². The molecule has 1 aromatic rings. The number of rotatable bonds is 9. The van der Waals surface area contributed by atoms with Crippen LogP contribution in [-0.4, -0.2) is 88.4 Å². The highest BCUT2D eigenvalue weighted by Gasteiger charge is 2.23. The smallest absolute Gasteiger partial charge is 0.191 e. The Labute approximate surface area is 211 Å². The fourth-order valence-corrected chi connectivity index (χ4v) is 4.51. The number of morpholine rings is 1. The molecule has 2 atom stereocenters. The van der Waals surface area contributed by atoms with E-state index in [9.17, 15) is 0 Å². The first-order valence-electron chi connectivity index (χ1n) is 11.9. The highest BCUT2D eigenvalue weighted by molar-refractivity contribution is 14.0. The zero-order valence-corrected chi connectivity index (χ0v) is 22.3. The molecule has 2 N–H and O–H groups in total. The second-order valence-electron chi connectivity index (χ2n) is 8.44. The molecule has 2 fully saturated rings. The lowest BCUT2D eigenvalue weighted by Gasteiger charge is -2.34. The Kier molecular flexibility index (Phi) is 12.7. The molecule has 2 heterocycles. The largest absolute Gasteiger partial charge is 0.497 e. The van der Waals surface area contributed by atoms with Crippen molar-refractivity contribution in [3.8, 4) is 5.75 Å². The van der Waals surface area contributed by atoms with Crippen LogP contribution in [0.1, 0.15) is 38.3 Å². The molecule has 2 saturated heterocycles. The lowest BCUT2D eigenvalue weighted by atomic mass is 9.98. The van der Waals surface area contributed by atoms with E-state index in [1.807, 2.05) is 12.1 Å². The van der Waals surface area contributed by atoms with E-state index in [0.717, 1.165) is 57.6 Å². The summed E-state index contributed by atoms with van der Waals surface area (Å²) < 4.78 is 10.9. The summed E-state index contributed by atoms with van der Waals surface area (Å²) in [5.41, 5.74) is 1.27. The summed E-state index contributed by atoms with van der Waals surface area (Å²) in [6.45, 7) is 13.9. The van der Waals surface area contributed by atoms with Gasteiger partial charge in [-0.3, -0.25) is 9.89 Å². The highest BCUT2D eigenvalue weighted by atomic mass is 127. The van der Waals surface area contributed by atoms with Crippen LogP contribution in [0.25, 0.3) is 0 Å². The average molecular weight is 560 g/mol. The molecule has 0 amide bonds. The van der Waals surface area contributed by atoms with Crippen LogP contribution in [0, 0.1) is 5.92 Å². The van der Waals surface area contributed by atoms with Crippen molar-refractivity contribution < 1.29 is 9.47 Å². The number of benzene rings is 1. The van der Waals surface area contributed by atoms with Crippen LogP contribution in [0.15, 0.2) is 29.3 Å². The summed E-state index contributed by atoms with van der Waals surface area (Å²) in [5, 5.41) is 7.05. The first-order chi connectivity index (χ1) is 15.2. The minimum absolute atomic E-state index is 0. The van der Waals surface area contributed by atoms with E-state index in [1.54, 1.807) is 7.11 Å². The third-order valence-corrected chi connectivity index (χ3v) is 6.36. The number of halogens is 1. The molecule has 1 aromatic carbocycles. The van der Waals surface area contributed by atoms with Gasteiger partial charge in [-0.1, -0.05) is 19.1 Å². The molecule has 0 spiro atoms. The summed E-state index contributed by atoms with van der Waals surface area (Å²) in [5.74, 6) is 2.49. The van der Waals surface area contributed by atoms with Gasteiger partial charge in [-0.05, 0) is 56.5 Å². The van der Waals surface area contributed by atoms with E-state index in [2.05, 4.69) is 46.4 Å². The van der Waals surface area contributed by atoms with Crippen LogP contribution >= 0.6 is 24.0 Å². The molecule has 0 radical (unpaired) electrons. The summed E-state index contributed by atoms with van der Waals surface area (Å²) in [6.07, 6.45) is 2.59. The van der Waals surface area contributed by atoms with Crippen LogP contribution in [-0.2, 0) is 4.74 Å². The van der Waals surface area contributed by atoms with E-state index >= 15 is 0 Å². The van der Waals surface area contributed by atoms with Gasteiger partial charge in [-0.25, -0.2) is 0 Å². The number of guanidine groups is 1. The van der Waals surface area contributed by atoms with Crippen molar-refractivity contribution in [3.63, 3.8) is 0 Å². The van der Waals surface area contributed by atoms with Gasteiger partial charge in [0, 0.05) is 32.7 Å². The number of ether oxygens (including phenoxy) is 2. The van der Waals surface area contributed by atoms with E-state index in [-0.39, 0.29) is 30.0 Å². The standard InChI is InChI=1S/C24H41N5O2.HI/c1-4-25-24(26-17-20-7-6-12-28(5-2)19-20)27-18-23(29-13-15-31-16-14-29)21-8-10-22(30-3)11-9-21;/h8-11,20,23H,4-7,12-19H2,1-3H3,(H2,25,26,27);1H. The Bertz CT molecular complexity index is 667. The summed E-state index contributed by atoms with van der Waals surface area (Å²) in [7, 11) is 1.71. The normalized spacial score (nSPS) is 21.5. The quantitative estimate of drug-likeness (QED) is 0.276. The molecule has 0 aromatic heterocycles. The number of likely N-dealkylation sites (tertiary alicyclic amines) is 1. The lowest BCUT2D eigenvalue weighted by Crippen LogP contribution is -2.45.